The van der Waals surface area contributed by atoms with Crippen LogP contribution < -0.4 is 0 Å². The van der Waals surface area contributed by atoms with Gasteiger partial charge in [-0.2, -0.15) is 0 Å². The van der Waals surface area contributed by atoms with Crippen molar-refractivity contribution in [2.45, 2.75) is 17.4 Å². The lowest BCUT2D eigenvalue weighted by molar-refractivity contribution is -0.134. The zero-order valence-electron chi connectivity index (χ0n) is 15.2. The van der Waals surface area contributed by atoms with Crippen LogP contribution in [0.4, 0.5) is 0 Å². The molecule has 1 fully saturated rings. The Morgan fingerprint density at radius 2 is 1.67 bits per heavy atom. The first kappa shape index (κ1) is 21.1. The largest absolute Gasteiger partial charge is 0.478 e. The summed E-state index contributed by atoms with van der Waals surface area (Å²) < 4.78 is 0. The standard InChI is InChI=1S/C15H20N2OS.C4H4O4/c1-16-7-9-17(10-8-16)13-6-11-19-14-5-3-2-4-12(14)15(13)18;5-3(6)1-2-4(7)8/h2-5,13H,6-11H2,1H3;1-2H,(H,5,6)(H,7,8)/b;2-1-. The van der Waals surface area contributed by atoms with Crippen molar-refractivity contribution in [3.63, 3.8) is 0 Å². The first-order chi connectivity index (χ1) is 12.9. The number of piperazine rings is 1. The zero-order valence-corrected chi connectivity index (χ0v) is 16.0. The van der Waals surface area contributed by atoms with Crippen LogP contribution in [0.1, 0.15) is 16.8 Å². The molecule has 1 unspecified atom stereocenters. The molecular weight excluding hydrogens is 368 g/mol. The van der Waals surface area contributed by atoms with Gasteiger partial charge in [-0.1, -0.05) is 18.2 Å². The molecule has 0 aromatic heterocycles. The third-order valence-electron chi connectivity index (χ3n) is 4.45. The second kappa shape index (κ2) is 10.2. The molecule has 2 heterocycles. The molecule has 0 saturated carbocycles. The highest BCUT2D eigenvalue weighted by molar-refractivity contribution is 7.99. The first-order valence-corrected chi connectivity index (χ1v) is 9.69. The van der Waals surface area contributed by atoms with Crippen molar-refractivity contribution in [1.29, 1.82) is 0 Å². The topological polar surface area (TPSA) is 98.2 Å². The summed E-state index contributed by atoms with van der Waals surface area (Å²) in [6.07, 6.45) is 2.09. The Balaban J connectivity index is 0.000000279. The molecule has 2 aliphatic heterocycles. The summed E-state index contributed by atoms with van der Waals surface area (Å²) in [7, 11) is 2.15. The lowest BCUT2D eigenvalue weighted by atomic mass is 10.00. The summed E-state index contributed by atoms with van der Waals surface area (Å²) >= 11 is 1.82. The third-order valence-corrected chi connectivity index (χ3v) is 5.56. The van der Waals surface area contributed by atoms with Crippen LogP contribution in [-0.4, -0.2) is 82.8 Å². The van der Waals surface area contributed by atoms with Crippen LogP contribution >= 0.6 is 11.8 Å². The Labute approximate surface area is 162 Å². The zero-order chi connectivity index (χ0) is 19.8. The van der Waals surface area contributed by atoms with Gasteiger partial charge in [-0.05, 0) is 25.3 Å². The number of benzene rings is 1. The number of rotatable bonds is 3. The van der Waals surface area contributed by atoms with Gasteiger partial charge in [0.05, 0.1) is 6.04 Å². The summed E-state index contributed by atoms with van der Waals surface area (Å²) in [5, 5.41) is 15.6. The van der Waals surface area contributed by atoms with E-state index < -0.39 is 11.9 Å². The molecule has 8 heteroatoms. The van der Waals surface area contributed by atoms with Crippen LogP contribution in [-0.2, 0) is 9.59 Å². The van der Waals surface area contributed by atoms with E-state index in [9.17, 15) is 14.4 Å². The fourth-order valence-corrected chi connectivity index (χ4v) is 4.07. The molecule has 1 aromatic carbocycles. The lowest BCUT2D eigenvalue weighted by Gasteiger charge is -2.36. The smallest absolute Gasteiger partial charge is 0.328 e. The summed E-state index contributed by atoms with van der Waals surface area (Å²) in [6, 6.07) is 8.15. The van der Waals surface area contributed by atoms with E-state index in [1.807, 2.05) is 30.0 Å². The van der Waals surface area contributed by atoms with Crippen LogP contribution in [0.5, 0.6) is 0 Å². The number of Topliss-reactive ketones (excluding diaryl/α,β-unsaturated/α-hetero) is 1. The fourth-order valence-electron chi connectivity index (χ4n) is 3.01. The summed E-state index contributed by atoms with van der Waals surface area (Å²) in [4.78, 5) is 37.7. The molecule has 1 atom stereocenters. The van der Waals surface area contributed by atoms with Crippen LogP contribution in [0, 0.1) is 0 Å². The van der Waals surface area contributed by atoms with Gasteiger partial charge in [-0.15, -0.1) is 11.8 Å². The van der Waals surface area contributed by atoms with E-state index in [0.29, 0.717) is 17.9 Å². The summed E-state index contributed by atoms with van der Waals surface area (Å²) in [5.74, 6) is -1.15. The van der Waals surface area contributed by atoms with Gasteiger partial charge in [0.25, 0.3) is 0 Å². The molecule has 0 spiro atoms. The fraction of sp³-hybridized carbons (Fsp3) is 0.421. The lowest BCUT2D eigenvalue weighted by Crippen LogP contribution is -2.51. The van der Waals surface area contributed by atoms with Gasteiger partial charge in [0.2, 0.25) is 0 Å². The van der Waals surface area contributed by atoms with Crippen molar-refractivity contribution in [3.05, 3.63) is 42.0 Å². The van der Waals surface area contributed by atoms with Crippen molar-refractivity contribution in [2.24, 2.45) is 0 Å². The highest BCUT2D eigenvalue weighted by Gasteiger charge is 2.31. The van der Waals surface area contributed by atoms with Gasteiger partial charge in [0, 0.05) is 48.8 Å². The van der Waals surface area contributed by atoms with Crippen LogP contribution in [0.15, 0.2) is 41.3 Å². The van der Waals surface area contributed by atoms with E-state index in [0.717, 1.165) is 48.8 Å². The summed E-state index contributed by atoms with van der Waals surface area (Å²) in [5.41, 5.74) is 0.925. The number of ketones is 1. The molecule has 2 aliphatic rings. The minimum Gasteiger partial charge on any atom is -0.478 e. The Hall–Kier alpha value is -2.16. The SMILES string of the molecule is CN1CCN(C2CCSc3ccccc3C2=O)CC1.O=C(O)/C=C\C(=O)O. The Morgan fingerprint density at radius 3 is 2.26 bits per heavy atom. The van der Waals surface area contributed by atoms with E-state index >= 15 is 0 Å². The van der Waals surface area contributed by atoms with Gasteiger partial charge in [0.1, 0.15) is 0 Å². The maximum Gasteiger partial charge on any atom is 0.328 e. The number of carboxylic acids is 2. The minimum absolute atomic E-state index is 0.0878. The molecule has 3 rings (SSSR count). The monoisotopic (exact) mass is 392 g/mol. The molecule has 0 aliphatic carbocycles. The number of aliphatic carboxylic acids is 2. The molecule has 0 bridgehead atoms. The predicted octanol–water partition coefficient (Wildman–Crippen LogP) is 1.69. The van der Waals surface area contributed by atoms with Gasteiger partial charge < -0.3 is 15.1 Å². The van der Waals surface area contributed by atoms with Gasteiger partial charge in [0.15, 0.2) is 5.78 Å². The van der Waals surface area contributed by atoms with E-state index in [2.05, 4.69) is 22.9 Å². The molecule has 1 saturated heterocycles. The normalized spacial score (nSPS) is 21.1. The maximum atomic E-state index is 12.7. The molecule has 2 N–H and O–H groups in total. The van der Waals surface area contributed by atoms with Gasteiger partial charge >= 0.3 is 11.9 Å². The van der Waals surface area contributed by atoms with Crippen LogP contribution in [0.25, 0.3) is 0 Å². The molecular formula is C19H24N2O5S. The number of thioether (sulfide) groups is 1. The third kappa shape index (κ3) is 6.50. The van der Waals surface area contributed by atoms with Gasteiger partial charge in [-0.3, -0.25) is 9.69 Å². The van der Waals surface area contributed by atoms with Crippen molar-refractivity contribution in [2.75, 3.05) is 39.0 Å². The predicted molar refractivity (Wildman–Crippen MR) is 103 cm³/mol. The molecule has 27 heavy (non-hydrogen) atoms. The first-order valence-electron chi connectivity index (χ1n) is 8.71. The Kier molecular flexibility index (Phi) is 8.02. The maximum absolute atomic E-state index is 12.7. The van der Waals surface area contributed by atoms with Crippen molar-refractivity contribution >= 4 is 29.5 Å². The second-order valence-corrected chi connectivity index (χ2v) is 7.50. The molecule has 0 amide bonds. The van der Waals surface area contributed by atoms with Crippen molar-refractivity contribution in [3.8, 4) is 0 Å². The van der Waals surface area contributed by atoms with Crippen molar-refractivity contribution in [1.82, 2.24) is 9.80 Å². The minimum atomic E-state index is -1.26. The average Bonchev–Trinajstić information content (AvgIpc) is 2.81. The van der Waals surface area contributed by atoms with Gasteiger partial charge in [-0.25, -0.2) is 9.59 Å². The van der Waals surface area contributed by atoms with E-state index in [1.165, 1.54) is 0 Å². The number of nitrogens with zero attached hydrogens (tertiary/aromatic N) is 2. The number of carboxylic acid groups (broad SMARTS) is 2. The van der Waals surface area contributed by atoms with E-state index in [4.69, 9.17) is 10.2 Å². The molecule has 0 radical (unpaired) electrons. The van der Waals surface area contributed by atoms with E-state index in [-0.39, 0.29) is 6.04 Å². The summed E-state index contributed by atoms with van der Waals surface area (Å²) in [6.45, 7) is 4.16. The highest BCUT2D eigenvalue weighted by Crippen LogP contribution is 2.30. The Morgan fingerprint density at radius 1 is 1.07 bits per heavy atom. The molecule has 146 valence electrons. The molecule has 1 aromatic rings. The Bertz CT molecular complexity index is 698. The second-order valence-electron chi connectivity index (χ2n) is 6.36. The number of hydrogen-bond acceptors (Lipinski definition) is 6. The highest BCUT2D eigenvalue weighted by atomic mass is 32.2. The van der Waals surface area contributed by atoms with E-state index in [1.54, 1.807) is 0 Å². The molecule has 7 nitrogen and oxygen atoms in total. The quantitative estimate of drug-likeness (QED) is 0.750. The van der Waals surface area contributed by atoms with Crippen LogP contribution in [0.3, 0.4) is 0 Å². The number of fused-ring (bicyclic) bond motifs is 1. The van der Waals surface area contributed by atoms with Crippen molar-refractivity contribution < 1.29 is 24.6 Å². The number of likely N-dealkylation sites (N-methyl/N-ethyl adjacent to an activating group) is 1. The number of hydrogen-bond donors (Lipinski definition) is 2. The van der Waals surface area contributed by atoms with Crippen LogP contribution in [0.2, 0.25) is 0 Å². The number of carbonyl (C=O) groups is 3. The number of carbonyl (C=O) groups excluding carboxylic acids is 1. The average molecular weight is 392 g/mol.